The zero-order valence-electron chi connectivity index (χ0n) is 11.1. The lowest BCUT2D eigenvalue weighted by Gasteiger charge is -2.21. The van der Waals surface area contributed by atoms with E-state index in [9.17, 15) is 10.1 Å². The maximum atomic E-state index is 10.9. The number of non-ortho nitro benzene ring substituents is 1. The number of methoxy groups -OCH3 is 2. The van der Waals surface area contributed by atoms with Gasteiger partial charge >= 0.3 is 0 Å². The van der Waals surface area contributed by atoms with E-state index >= 15 is 0 Å². The number of anilines is 1. The minimum atomic E-state index is -0.420. The Hall–Kier alpha value is -1.82. The van der Waals surface area contributed by atoms with E-state index in [0.29, 0.717) is 11.4 Å². The van der Waals surface area contributed by atoms with Gasteiger partial charge < -0.3 is 14.8 Å². The molecule has 0 bridgehead atoms. The van der Waals surface area contributed by atoms with Gasteiger partial charge in [0.15, 0.2) is 0 Å². The van der Waals surface area contributed by atoms with Crippen molar-refractivity contribution in [2.24, 2.45) is 0 Å². The number of hydrogen-bond acceptors (Lipinski definition) is 5. The Morgan fingerprint density at radius 2 is 2.11 bits per heavy atom. The third-order valence-electron chi connectivity index (χ3n) is 3.45. The normalized spacial score (nSPS) is 22.2. The van der Waals surface area contributed by atoms with E-state index < -0.39 is 4.92 Å². The van der Waals surface area contributed by atoms with Crippen LogP contribution in [0.15, 0.2) is 18.2 Å². The first kappa shape index (κ1) is 13.6. The van der Waals surface area contributed by atoms with Crippen LogP contribution in [0, 0.1) is 10.1 Å². The van der Waals surface area contributed by atoms with Crippen molar-refractivity contribution in [2.45, 2.75) is 31.4 Å². The summed E-state index contributed by atoms with van der Waals surface area (Å²) in [6, 6.07) is 4.89. The summed E-state index contributed by atoms with van der Waals surface area (Å²) in [5.41, 5.74) is 0.716. The second-order valence-electron chi connectivity index (χ2n) is 4.63. The fourth-order valence-corrected chi connectivity index (χ4v) is 2.48. The molecule has 2 unspecified atom stereocenters. The molecule has 0 saturated heterocycles. The number of hydrogen-bond donors (Lipinski definition) is 1. The first-order valence-corrected chi connectivity index (χ1v) is 6.27. The smallest absolute Gasteiger partial charge is 0.275 e. The molecule has 1 aliphatic rings. The van der Waals surface area contributed by atoms with Crippen molar-refractivity contribution in [1.82, 2.24) is 0 Å². The minimum Gasteiger partial charge on any atom is -0.496 e. The van der Waals surface area contributed by atoms with Gasteiger partial charge in [-0.1, -0.05) is 0 Å². The summed E-state index contributed by atoms with van der Waals surface area (Å²) in [5.74, 6) is 0.476. The zero-order valence-corrected chi connectivity index (χ0v) is 11.1. The Bertz CT molecular complexity index is 464. The molecule has 2 rings (SSSR count). The number of nitrogens with zero attached hydrogens (tertiary/aromatic N) is 1. The molecule has 1 aromatic rings. The third-order valence-corrected chi connectivity index (χ3v) is 3.45. The van der Waals surface area contributed by atoms with Gasteiger partial charge in [-0.05, 0) is 19.3 Å². The first-order chi connectivity index (χ1) is 9.13. The molecule has 1 aromatic carbocycles. The molecule has 1 fully saturated rings. The Labute approximate surface area is 111 Å². The molecular weight excluding hydrogens is 248 g/mol. The van der Waals surface area contributed by atoms with E-state index in [1.165, 1.54) is 19.2 Å². The molecule has 1 N–H and O–H groups in total. The second-order valence-corrected chi connectivity index (χ2v) is 4.63. The van der Waals surface area contributed by atoms with Crippen molar-refractivity contribution >= 4 is 11.4 Å². The molecule has 6 nitrogen and oxygen atoms in total. The van der Waals surface area contributed by atoms with Crippen molar-refractivity contribution in [3.05, 3.63) is 28.3 Å². The molecule has 0 radical (unpaired) electrons. The van der Waals surface area contributed by atoms with Crippen LogP contribution in [0.4, 0.5) is 11.4 Å². The van der Waals surface area contributed by atoms with Gasteiger partial charge in [0.25, 0.3) is 5.69 Å². The van der Waals surface area contributed by atoms with E-state index in [1.807, 2.05) is 0 Å². The maximum Gasteiger partial charge on any atom is 0.275 e. The van der Waals surface area contributed by atoms with Crippen LogP contribution in [0.1, 0.15) is 19.3 Å². The molecule has 0 heterocycles. The molecule has 0 amide bonds. The quantitative estimate of drug-likeness (QED) is 0.655. The first-order valence-electron chi connectivity index (χ1n) is 6.27. The van der Waals surface area contributed by atoms with Crippen LogP contribution in [-0.4, -0.2) is 31.3 Å². The molecule has 1 saturated carbocycles. The van der Waals surface area contributed by atoms with Gasteiger partial charge in [-0.25, -0.2) is 0 Å². The number of rotatable bonds is 5. The van der Waals surface area contributed by atoms with Crippen molar-refractivity contribution in [2.75, 3.05) is 19.5 Å². The largest absolute Gasteiger partial charge is 0.496 e. The van der Waals surface area contributed by atoms with Crippen LogP contribution >= 0.6 is 0 Å². The number of ether oxygens (including phenoxy) is 2. The fraction of sp³-hybridized carbons (Fsp3) is 0.538. The molecule has 0 aromatic heterocycles. The standard InChI is InChI=1S/C13H18N2O4/c1-18-11-7-9(6-10(8-11)15(16)17)14-12-4-3-5-13(12)19-2/h6-8,12-14H,3-5H2,1-2H3. The highest BCUT2D eigenvalue weighted by molar-refractivity contribution is 5.57. The van der Waals surface area contributed by atoms with Gasteiger partial charge in [-0.15, -0.1) is 0 Å². The second kappa shape index (κ2) is 5.88. The lowest BCUT2D eigenvalue weighted by Crippen LogP contribution is -2.29. The van der Waals surface area contributed by atoms with Crippen LogP contribution in [-0.2, 0) is 4.74 Å². The summed E-state index contributed by atoms with van der Waals surface area (Å²) >= 11 is 0. The lowest BCUT2D eigenvalue weighted by atomic mass is 10.2. The molecular formula is C13H18N2O4. The Morgan fingerprint density at radius 3 is 2.74 bits per heavy atom. The molecule has 1 aliphatic carbocycles. The Balaban J connectivity index is 2.19. The third kappa shape index (κ3) is 3.14. The number of benzene rings is 1. The minimum absolute atomic E-state index is 0.0220. The lowest BCUT2D eigenvalue weighted by molar-refractivity contribution is -0.384. The van der Waals surface area contributed by atoms with Gasteiger partial charge in [0, 0.05) is 24.9 Å². The maximum absolute atomic E-state index is 10.9. The van der Waals surface area contributed by atoms with E-state index in [4.69, 9.17) is 9.47 Å². The molecule has 0 spiro atoms. The van der Waals surface area contributed by atoms with Gasteiger partial charge in [0.05, 0.1) is 30.2 Å². The van der Waals surface area contributed by atoms with Crippen molar-refractivity contribution in [3.63, 3.8) is 0 Å². The zero-order chi connectivity index (χ0) is 13.8. The molecule has 19 heavy (non-hydrogen) atoms. The fourth-order valence-electron chi connectivity index (χ4n) is 2.48. The van der Waals surface area contributed by atoms with E-state index in [2.05, 4.69) is 5.32 Å². The summed E-state index contributed by atoms with van der Waals surface area (Å²) in [6.07, 6.45) is 3.27. The summed E-state index contributed by atoms with van der Waals surface area (Å²) in [5, 5.41) is 14.2. The van der Waals surface area contributed by atoms with E-state index in [-0.39, 0.29) is 17.8 Å². The topological polar surface area (TPSA) is 73.6 Å². The van der Waals surface area contributed by atoms with Crippen LogP contribution in [0.5, 0.6) is 5.75 Å². The molecule has 2 atom stereocenters. The van der Waals surface area contributed by atoms with Crippen molar-refractivity contribution in [3.8, 4) is 5.75 Å². The highest BCUT2D eigenvalue weighted by atomic mass is 16.6. The average molecular weight is 266 g/mol. The van der Waals surface area contributed by atoms with Crippen LogP contribution < -0.4 is 10.1 Å². The van der Waals surface area contributed by atoms with Gasteiger partial charge in [-0.3, -0.25) is 10.1 Å². The Morgan fingerprint density at radius 1 is 1.32 bits per heavy atom. The monoisotopic (exact) mass is 266 g/mol. The van der Waals surface area contributed by atoms with Gasteiger partial charge in [0.2, 0.25) is 0 Å². The summed E-state index contributed by atoms with van der Waals surface area (Å²) in [4.78, 5) is 10.5. The summed E-state index contributed by atoms with van der Waals surface area (Å²) in [7, 11) is 3.19. The SMILES string of the molecule is COc1cc(NC2CCCC2OC)cc([N+](=O)[O-])c1. The number of nitrogens with one attached hydrogen (secondary N) is 1. The predicted octanol–water partition coefficient (Wildman–Crippen LogP) is 2.58. The van der Waals surface area contributed by atoms with Crippen LogP contribution in [0.25, 0.3) is 0 Å². The average Bonchev–Trinajstić information content (AvgIpc) is 2.85. The summed E-state index contributed by atoms with van der Waals surface area (Å²) < 4.78 is 10.5. The molecule has 0 aliphatic heterocycles. The van der Waals surface area contributed by atoms with Crippen LogP contribution in [0.2, 0.25) is 0 Å². The predicted molar refractivity (Wildman–Crippen MR) is 71.7 cm³/mol. The van der Waals surface area contributed by atoms with E-state index in [0.717, 1.165) is 19.3 Å². The van der Waals surface area contributed by atoms with Crippen molar-refractivity contribution in [1.29, 1.82) is 0 Å². The van der Waals surface area contributed by atoms with Crippen molar-refractivity contribution < 1.29 is 14.4 Å². The highest BCUT2D eigenvalue weighted by Gasteiger charge is 2.27. The van der Waals surface area contributed by atoms with Gasteiger partial charge in [0.1, 0.15) is 5.75 Å². The van der Waals surface area contributed by atoms with Gasteiger partial charge in [-0.2, -0.15) is 0 Å². The Kier molecular flexibility index (Phi) is 4.21. The molecule has 104 valence electrons. The highest BCUT2D eigenvalue weighted by Crippen LogP contribution is 2.30. The van der Waals surface area contributed by atoms with Crippen LogP contribution in [0.3, 0.4) is 0 Å². The molecule has 6 heteroatoms. The van der Waals surface area contributed by atoms with E-state index in [1.54, 1.807) is 13.2 Å². The number of nitro benzene ring substituents is 1. The number of nitro groups is 1. The summed E-state index contributed by atoms with van der Waals surface area (Å²) in [6.45, 7) is 0.